The quantitative estimate of drug-likeness (QED) is 0.563. The summed E-state index contributed by atoms with van der Waals surface area (Å²) in [5.41, 5.74) is 0.439. The molecule has 33 heavy (non-hydrogen) atoms. The fourth-order valence-corrected chi connectivity index (χ4v) is 4.24. The molecule has 0 saturated carbocycles. The first-order valence-electron chi connectivity index (χ1n) is 10.4. The van der Waals surface area contributed by atoms with Crippen molar-refractivity contribution in [3.63, 3.8) is 0 Å². The highest BCUT2D eigenvalue weighted by molar-refractivity contribution is 7.80. The van der Waals surface area contributed by atoms with E-state index < -0.39 is 17.2 Å². The van der Waals surface area contributed by atoms with Crippen LogP contribution in [0.15, 0.2) is 47.4 Å². The summed E-state index contributed by atoms with van der Waals surface area (Å²) in [4.78, 5) is 27.8. The number of aromatic nitrogens is 1. The van der Waals surface area contributed by atoms with Crippen molar-refractivity contribution in [1.82, 2.24) is 9.47 Å². The molecule has 2 N–H and O–H groups in total. The molecule has 2 aromatic carbocycles. The number of hydrogen-bond donors (Lipinski definition) is 2. The van der Waals surface area contributed by atoms with E-state index in [0.29, 0.717) is 54.7 Å². The van der Waals surface area contributed by atoms with E-state index in [4.69, 9.17) is 12.2 Å². The van der Waals surface area contributed by atoms with Crippen molar-refractivity contribution in [2.24, 2.45) is 0 Å². The van der Waals surface area contributed by atoms with Crippen LogP contribution in [0.25, 0.3) is 10.9 Å². The Morgan fingerprint density at radius 2 is 1.79 bits per heavy atom. The summed E-state index contributed by atoms with van der Waals surface area (Å²) in [6.07, 6.45) is 1.30. The Kier molecular flexibility index (Phi) is 6.28. The molecule has 0 aliphatic carbocycles. The predicted octanol–water partition coefficient (Wildman–Crippen LogP) is 3.52. The number of aromatic carboxylic acids is 1. The van der Waals surface area contributed by atoms with Gasteiger partial charge in [0.15, 0.2) is 5.11 Å². The van der Waals surface area contributed by atoms with Gasteiger partial charge in [0, 0.05) is 50.0 Å². The lowest BCUT2D eigenvalue weighted by Gasteiger charge is -2.37. The number of nitrogens with one attached hydrogen (secondary N) is 1. The van der Waals surface area contributed by atoms with Crippen LogP contribution in [0.2, 0.25) is 0 Å². The van der Waals surface area contributed by atoms with Crippen molar-refractivity contribution >= 4 is 45.6 Å². The predicted molar refractivity (Wildman–Crippen MR) is 127 cm³/mol. The summed E-state index contributed by atoms with van der Waals surface area (Å²) in [6, 6.07) is 8.63. The number of fused-ring (bicyclic) bond motifs is 1. The number of anilines is 2. The Morgan fingerprint density at radius 1 is 1.12 bits per heavy atom. The van der Waals surface area contributed by atoms with Crippen molar-refractivity contribution < 1.29 is 18.7 Å². The maximum Gasteiger partial charge on any atom is 0.341 e. The van der Waals surface area contributed by atoms with Gasteiger partial charge in [0.2, 0.25) is 5.43 Å². The number of thiocarbonyl (C=S) groups is 1. The van der Waals surface area contributed by atoms with Gasteiger partial charge in [-0.15, -0.1) is 0 Å². The summed E-state index contributed by atoms with van der Waals surface area (Å²) in [5, 5.41) is 12.9. The van der Waals surface area contributed by atoms with E-state index in [0.717, 1.165) is 6.07 Å². The molecule has 2 heterocycles. The molecule has 1 aromatic heterocycles. The molecule has 0 amide bonds. The molecule has 3 aromatic rings. The first-order valence-corrected chi connectivity index (χ1v) is 10.9. The molecular formula is C23H22F2N4O3S. The summed E-state index contributed by atoms with van der Waals surface area (Å²) < 4.78 is 29.7. The van der Waals surface area contributed by atoms with Gasteiger partial charge in [-0.25, -0.2) is 13.6 Å². The first-order chi connectivity index (χ1) is 15.8. The molecule has 1 fully saturated rings. The molecule has 0 spiro atoms. The van der Waals surface area contributed by atoms with E-state index in [1.165, 1.54) is 18.3 Å². The summed E-state index contributed by atoms with van der Waals surface area (Å²) >= 11 is 5.46. The third-order valence-corrected chi connectivity index (χ3v) is 6.08. The van der Waals surface area contributed by atoms with Crippen LogP contribution in [0.1, 0.15) is 17.3 Å². The van der Waals surface area contributed by atoms with Gasteiger partial charge >= 0.3 is 5.97 Å². The molecule has 0 atom stereocenters. The Balaban J connectivity index is 1.54. The number of aryl methyl sites for hydroxylation is 1. The van der Waals surface area contributed by atoms with Gasteiger partial charge in [0.05, 0.1) is 11.2 Å². The number of carboxylic acids is 1. The number of carbonyl (C=O) groups is 1. The molecule has 1 aliphatic heterocycles. The molecule has 1 aliphatic rings. The van der Waals surface area contributed by atoms with Crippen LogP contribution in [0, 0.1) is 11.6 Å². The average molecular weight is 473 g/mol. The molecule has 7 nitrogen and oxygen atoms in total. The summed E-state index contributed by atoms with van der Waals surface area (Å²) in [7, 11) is 0. The molecule has 4 rings (SSSR count). The molecule has 0 bridgehead atoms. The Morgan fingerprint density at radius 3 is 2.39 bits per heavy atom. The van der Waals surface area contributed by atoms with Gasteiger partial charge in [-0.05, 0) is 55.5 Å². The van der Waals surface area contributed by atoms with E-state index in [9.17, 15) is 19.1 Å². The fraction of sp³-hybridized carbons (Fsp3) is 0.261. The van der Waals surface area contributed by atoms with Gasteiger partial charge in [0.25, 0.3) is 0 Å². The molecule has 0 unspecified atom stereocenters. The number of hydrogen-bond acceptors (Lipinski definition) is 4. The van der Waals surface area contributed by atoms with E-state index in [1.54, 1.807) is 22.8 Å². The Labute approximate surface area is 193 Å². The number of halogens is 2. The molecule has 172 valence electrons. The number of benzene rings is 2. The van der Waals surface area contributed by atoms with Gasteiger partial charge in [-0.1, -0.05) is 0 Å². The zero-order chi connectivity index (χ0) is 23.7. The van der Waals surface area contributed by atoms with Gasteiger partial charge < -0.3 is 24.8 Å². The third-order valence-electron chi connectivity index (χ3n) is 5.72. The second-order valence-electron chi connectivity index (χ2n) is 7.69. The second kappa shape index (κ2) is 9.14. The number of carboxylic acid groups (broad SMARTS) is 1. The topological polar surface area (TPSA) is 77.8 Å². The van der Waals surface area contributed by atoms with Crippen molar-refractivity contribution in [3.8, 4) is 0 Å². The third kappa shape index (κ3) is 4.51. The number of pyridine rings is 1. The van der Waals surface area contributed by atoms with Crippen LogP contribution in [0.5, 0.6) is 0 Å². The monoisotopic (exact) mass is 472 g/mol. The molecule has 1 saturated heterocycles. The van der Waals surface area contributed by atoms with Crippen LogP contribution in [0.4, 0.5) is 20.2 Å². The standard InChI is InChI=1S/C23H22F2N4O3S/c1-2-27-13-17(22(31)32)21(30)16-11-18(25)20(12-19(16)27)28-7-9-29(10-8-28)23(33)26-15-5-3-14(24)4-6-15/h3-6,11-13H,2,7-10H2,1H3,(H,26,33)(H,31,32). The minimum Gasteiger partial charge on any atom is -0.477 e. The lowest BCUT2D eigenvalue weighted by atomic mass is 10.1. The summed E-state index contributed by atoms with van der Waals surface area (Å²) in [5.74, 6) is -2.25. The second-order valence-corrected chi connectivity index (χ2v) is 8.08. The minimum absolute atomic E-state index is 0.0429. The molecule has 0 radical (unpaired) electrons. The SMILES string of the molecule is CCn1cc(C(=O)O)c(=O)c2cc(F)c(N3CCN(C(=S)Nc4ccc(F)cc4)CC3)cc21. The van der Waals surface area contributed by atoms with Crippen molar-refractivity contribution in [2.75, 3.05) is 36.4 Å². The smallest absolute Gasteiger partial charge is 0.341 e. The maximum absolute atomic E-state index is 15.0. The van der Waals surface area contributed by atoms with Crippen molar-refractivity contribution in [1.29, 1.82) is 0 Å². The number of rotatable bonds is 4. The lowest BCUT2D eigenvalue weighted by molar-refractivity contribution is 0.0695. The molecular weight excluding hydrogens is 450 g/mol. The number of piperazine rings is 1. The largest absolute Gasteiger partial charge is 0.477 e. The van der Waals surface area contributed by atoms with Crippen molar-refractivity contribution in [2.45, 2.75) is 13.5 Å². The highest BCUT2D eigenvalue weighted by Gasteiger charge is 2.23. The van der Waals surface area contributed by atoms with E-state index >= 15 is 4.39 Å². The highest BCUT2D eigenvalue weighted by Crippen LogP contribution is 2.26. The van der Waals surface area contributed by atoms with E-state index in [-0.39, 0.29) is 16.8 Å². The first kappa shape index (κ1) is 22.7. The molecule has 10 heteroatoms. The van der Waals surface area contributed by atoms with Crippen LogP contribution in [0.3, 0.4) is 0 Å². The maximum atomic E-state index is 15.0. The van der Waals surface area contributed by atoms with Gasteiger partial charge in [-0.2, -0.15) is 0 Å². The Bertz CT molecular complexity index is 1290. The van der Waals surface area contributed by atoms with Crippen LogP contribution in [-0.2, 0) is 6.54 Å². The lowest BCUT2D eigenvalue weighted by Crippen LogP contribution is -2.50. The van der Waals surface area contributed by atoms with Crippen LogP contribution < -0.4 is 15.6 Å². The van der Waals surface area contributed by atoms with Gasteiger partial charge in [0.1, 0.15) is 17.2 Å². The van der Waals surface area contributed by atoms with E-state index in [2.05, 4.69) is 5.32 Å². The van der Waals surface area contributed by atoms with E-state index in [1.807, 2.05) is 16.7 Å². The Hall–Kier alpha value is -3.53. The summed E-state index contributed by atoms with van der Waals surface area (Å²) in [6.45, 7) is 4.34. The van der Waals surface area contributed by atoms with Gasteiger partial charge in [-0.3, -0.25) is 4.79 Å². The zero-order valence-electron chi connectivity index (χ0n) is 17.8. The zero-order valence-corrected chi connectivity index (χ0v) is 18.7. The average Bonchev–Trinajstić information content (AvgIpc) is 2.80. The highest BCUT2D eigenvalue weighted by atomic mass is 32.1. The minimum atomic E-state index is -1.34. The normalized spacial score (nSPS) is 13.9. The van der Waals surface area contributed by atoms with Crippen molar-refractivity contribution in [3.05, 3.63) is 70.0 Å². The fourth-order valence-electron chi connectivity index (χ4n) is 3.94. The van der Waals surface area contributed by atoms with Crippen LogP contribution >= 0.6 is 12.2 Å². The number of nitrogens with zero attached hydrogens (tertiary/aromatic N) is 3. The van der Waals surface area contributed by atoms with Crippen LogP contribution in [-0.4, -0.2) is 51.8 Å².